The standard InChI is InChI=1S/C14H13ClN6OS/c15-11-2-1-10(23-11)14(22)17-9-5-6-20(7-9)13-4-3-12-18-16-8-21(12)19-13/h1-4,8-9H,5-7H2,(H,17,22)/t9-/m1/s1. The zero-order chi connectivity index (χ0) is 15.8. The fourth-order valence-electron chi connectivity index (χ4n) is 2.67. The van der Waals surface area contributed by atoms with E-state index in [9.17, 15) is 4.79 Å². The molecule has 7 nitrogen and oxygen atoms in total. The molecule has 0 bridgehead atoms. The molecule has 118 valence electrons. The van der Waals surface area contributed by atoms with Crippen LogP contribution in [-0.2, 0) is 0 Å². The minimum absolute atomic E-state index is 0.0732. The first kappa shape index (κ1) is 14.4. The number of nitrogens with zero attached hydrogens (tertiary/aromatic N) is 5. The smallest absolute Gasteiger partial charge is 0.261 e. The zero-order valence-corrected chi connectivity index (χ0v) is 13.6. The van der Waals surface area contributed by atoms with Gasteiger partial charge in [-0.3, -0.25) is 4.79 Å². The largest absolute Gasteiger partial charge is 0.353 e. The van der Waals surface area contributed by atoms with Crippen molar-refractivity contribution in [3.05, 3.63) is 39.8 Å². The van der Waals surface area contributed by atoms with Crippen LogP contribution in [0.5, 0.6) is 0 Å². The van der Waals surface area contributed by atoms with E-state index >= 15 is 0 Å². The van der Waals surface area contributed by atoms with E-state index in [1.165, 1.54) is 11.3 Å². The van der Waals surface area contributed by atoms with E-state index in [1.54, 1.807) is 23.0 Å². The molecule has 0 aliphatic carbocycles. The molecule has 1 atom stereocenters. The third-order valence-corrected chi connectivity index (χ3v) is 5.02. The van der Waals surface area contributed by atoms with Crippen LogP contribution in [-0.4, -0.2) is 44.8 Å². The molecule has 1 aliphatic rings. The Labute approximate surface area is 140 Å². The van der Waals surface area contributed by atoms with E-state index < -0.39 is 0 Å². The summed E-state index contributed by atoms with van der Waals surface area (Å²) in [4.78, 5) is 15.0. The van der Waals surface area contributed by atoms with Crippen molar-refractivity contribution >= 4 is 40.3 Å². The molecular weight excluding hydrogens is 336 g/mol. The van der Waals surface area contributed by atoms with Gasteiger partial charge >= 0.3 is 0 Å². The molecule has 3 aromatic heterocycles. The van der Waals surface area contributed by atoms with Gasteiger partial charge in [0, 0.05) is 19.1 Å². The normalized spacial score (nSPS) is 17.8. The summed E-state index contributed by atoms with van der Waals surface area (Å²) in [5.74, 6) is 0.782. The van der Waals surface area contributed by atoms with Crippen molar-refractivity contribution in [1.29, 1.82) is 0 Å². The number of carbonyl (C=O) groups is 1. The van der Waals surface area contributed by atoms with Gasteiger partial charge in [0.1, 0.15) is 12.1 Å². The van der Waals surface area contributed by atoms with Crippen LogP contribution in [0.25, 0.3) is 5.65 Å². The van der Waals surface area contributed by atoms with Crippen molar-refractivity contribution in [2.24, 2.45) is 0 Å². The van der Waals surface area contributed by atoms with Crippen LogP contribution in [0.15, 0.2) is 30.6 Å². The number of thiophene rings is 1. The van der Waals surface area contributed by atoms with Crippen LogP contribution in [0.1, 0.15) is 16.1 Å². The minimum atomic E-state index is -0.0732. The van der Waals surface area contributed by atoms with Crippen molar-refractivity contribution < 1.29 is 4.79 Å². The average molecular weight is 349 g/mol. The second kappa shape index (κ2) is 5.78. The Bertz CT molecular complexity index is 862. The Kier molecular flexibility index (Phi) is 3.62. The van der Waals surface area contributed by atoms with E-state index in [2.05, 4.69) is 25.5 Å². The molecule has 1 amide bonds. The van der Waals surface area contributed by atoms with E-state index in [0.29, 0.717) is 14.9 Å². The number of carbonyl (C=O) groups excluding carboxylic acids is 1. The Hall–Kier alpha value is -2.19. The van der Waals surface area contributed by atoms with Gasteiger partial charge in [-0.1, -0.05) is 11.6 Å². The minimum Gasteiger partial charge on any atom is -0.353 e. The highest BCUT2D eigenvalue weighted by Crippen LogP contribution is 2.22. The lowest BCUT2D eigenvalue weighted by Crippen LogP contribution is -2.36. The third-order valence-electron chi connectivity index (χ3n) is 3.79. The number of anilines is 1. The maximum absolute atomic E-state index is 12.2. The highest BCUT2D eigenvalue weighted by Gasteiger charge is 2.25. The molecule has 1 N–H and O–H groups in total. The van der Waals surface area contributed by atoms with Crippen LogP contribution >= 0.6 is 22.9 Å². The van der Waals surface area contributed by atoms with Gasteiger partial charge in [-0.25, -0.2) is 0 Å². The molecule has 0 spiro atoms. The van der Waals surface area contributed by atoms with E-state index in [-0.39, 0.29) is 11.9 Å². The first-order valence-electron chi connectivity index (χ1n) is 7.17. The second-order valence-corrected chi connectivity index (χ2v) is 7.05. The Morgan fingerprint density at radius 1 is 1.35 bits per heavy atom. The molecule has 0 radical (unpaired) electrons. The fraction of sp³-hybridized carbons (Fsp3) is 0.286. The summed E-state index contributed by atoms with van der Waals surface area (Å²) < 4.78 is 2.27. The van der Waals surface area contributed by atoms with Crippen LogP contribution in [0.2, 0.25) is 4.34 Å². The molecular formula is C14H13ClN6OS. The molecule has 23 heavy (non-hydrogen) atoms. The van der Waals surface area contributed by atoms with Crippen molar-refractivity contribution in [3.63, 3.8) is 0 Å². The lowest BCUT2D eigenvalue weighted by atomic mass is 10.2. The van der Waals surface area contributed by atoms with Crippen LogP contribution in [0.4, 0.5) is 5.82 Å². The first-order chi connectivity index (χ1) is 11.2. The van der Waals surface area contributed by atoms with E-state index in [0.717, 1.165) is 25.3 Å². The molecule has 0 aromatic carbocycles. The van der Waals surface area contributed by atoms with Gasteiger partial charge in [0.15, 0.2) is 5.65 Å². The number of hydrogen-bond acceptors (Lipinski definition) is 6. The van der Waals surface area contributed by atoms with Gasteiger partial charge in [-0.2, -0.15) is 4.52 Å². The molecule has 3 aromatic rings. The van der Waals surface area contributed by atoms with Gasteiger partial charge in [-0.05, 0) is 30.7 Å². The third kappa shape index (κ3) is 2.87. The summed E-state index contributed by atoms with van der Waals surface area (Å²) in [6, 6.07) is 7.39. The Morgan fingerprint density at radius 3 is 3.09 bits per heavy atom. The summed E-state index contributed by atoms with van der Waals surface area (Å²) in [6.45, 7) is 1.57. The lowest BCUT2D eigenvalue weighted by Gasteiger charge is -2.17. The molecule has 1 fully saturated rings. The summed E-state index contributed by atoms with van der Waals surface area (Å²) >= 11 is 7.16. The number of amides is 1. The highest BCUT2D eigenvalue weighted by molar-refractivity contribution is 7.18. The predicted molar refractivity (Wildman–Crippen MR) is 88.2 cm³/mol. The van der Waals surface area contributed by atoms with Gasteiger partial charge in [0.05, 0.1) is 9.21 Å². The van der Waals surface area contributed by atoms with Crippen LogP contribution in [0, 0.1) is 0 Å². The lowest BCUT2D eigenvalue weighted by molar-refractivity contribution is 0.0944. The van der Waals surface area contributed by atoms with E-state index in [4.69, 9.17) is 11.6 Å². The van der Waals surface area contributed by atoms with Gasteiger partial charge in [-0.15, -0.1) is 26.6 Å². The quantitative estimate of drug-likeness (QED) is 0.781. The summed E-state index contributed by atoms with van der Waals surface area (Å²) in [6.07, 6.45) is 2.46. The van der Waals surface area contributed by atoms with Crippen molar-refractivity contribution in [2.75, 3.05) is 18.0 Å². The zero-order valence-electron chi connectivity index (χ0n) is 12.0. The molecule has 1 aliphatic heterocycles. The van der Waals surface area contributed by atoms with Gasteiger partial charge < -0.3 is 10.2 Å². The fourth-order valence-corrected chi connectivity index (χ4v) is 3.61. The summed E-state index contributed by atoms with van der Waals surface area (Å²) in [5, 5.41) is 15.3. The number of rotatable bonds is 3. The predicted octanol–water partition coefficient (Wildman–Crippen LogP) is 1.85. The number of nitrogens with one attached hydrogen (secondary N) is 1. The van der Waals surface area contributed by atoms with Gasteiger partial charge in [0.25, 0.3) is 5.91 Å². The monoisotopic (exact) mass is 348 g/mol. The van der Waals surface area contributed by atoms with Crippen LogP contribution in [0.3, 0.4) is 0 Å². The first-order valence-corrected chi connectivity index (χ1v) is 8.37. The van der Waals surface area contributed by atoms with Gasteiger partial charge in [0.2, 0.25) is 0 Å². The molecule has 4 heterocycles. The van der Waals surface area contributed by atoms with Crippen molar-refractivity contribution in [1.82, 2.24) is 25.1 Å². The Balaban J connectivity index is 1.43. The summed E-state index contributed by atoms with van der Waals surface area (Å²) in [5.41, 5.74) is 0.715. The number of hydrogen-bond donors (Lipinski definition) is 1. The second-order valence-electron chi connectivity index (χ2n) is 5.33. The number of halogens is 1. The summed E-state index contributed by atoms with van der Waals surface area (Å²) in [7, 11) is 0. The number of fused-ring (bicyclic) bond motifs is 1. The van der Waals surface area contributed by atoms with Crippen molar-refractivity contribution in [2.45, 2.75) is 12.5 Å². The van der Waals surface area contributed by atoms with Crippen molar-refractivity contribution in [3.8, 4) is 0 Å². The number of aromatic nitrogens is 4. The van der Waals surface area contributed by atoms with E-state index in [1.807, 2.05) is 12.1 Å². The maximum atomic E-state index is 12.2. The highest BCUT2D eigenvalue weighted by atomic mass is 35.5. The Morgan fingerprint density at radius 2 is 2.26 bits per heavy atom. The SMILES string of the molecule is O=C(N[C@@H]1CCN(c2ccc3nncn3n2)C1)c1ccc(Cl)s1. The topological polar surface area (TPSA) is 75.4 Å². The molecule has 0 unspecified atom stereocenters. The average Bonchev–Trinajstić information content (AvgIpc) is 3.26. The molecule has 4 rings (SSSR count). The maximum Gasteiger partial charge on any atom is 0.261 e. The molecule has 1 saturated heterocycles. The molecule has 9 heteroatoms. The van der Waals surface area contributed by atoms with Crippen LogP contribution < -0.4 is 10.2 Å². The molecule has 0 saturated carbocycles.